The van der Waals surface area contributed by atoms with Crippen LogP contribution in [0.4, 0.5) is 5.69 Å². The van der Waals surface area contributed by atoms with E-state index < -0.39 is 0 Å². The van der Waals surface area contributed by atoms with E-state index in [-0.39, 0.29) is 11.8 Å². The molecule has 3 N–H and O–H groups in total. The zero-order valence-electron chi connectivity index (χ0n) is 11.9. The lowest BCUT2D eigenvalue weighted by Crippen LogP contribution is -2.34. The van der Waals surface area contributed by atoms with E-state index >= 15 is 0 Å². The highest BCUT2D eigenvalue weighted by atomic mass is 32.1. The molecule has 1 aromatic rings. The number of hydrogen-bond acceptors (Lipinski definition) is 3. The Morgan fingerprint density at radius 2 is 2.16 bits per heavy atom. The highest BCUT2D eigenvalue weighted by molar-refractivity contribution is 7.80. The van der Waals surface area contributed by atoms with Crippen molar-refractivity contribution in [1.29, 1.82) is 0 Å². The predicted octanol–water partition coefficient (Wildman–Crippen LogP) is 1.45. The largest absolute Gasteiger partial charge is 0.389 e. The zero-order chi connectivity index (χ0) is 14.6. The van der Waals surface area contributed by atoms with E-state index in [1.165, 1.54) is 0 Å². The second kappa shape index (κ2) is 6.52. The molecule has 1 rings (SSSR count). The lowest BCUT2D eigenvalue weighted by molar-refractivity contribution is -0.123. The molecule has 0 saturated heterocycles. The van der Waals surface area contributed by atoms with Gasteiger partial charge in [0, 0.05) is 31.9 Å². The molecule has 0 aromatic heterocycles. The normalized spacial score (nSPS) is 11.8. The smallest absolute Gasteiger partial charge is 0.224 e. The Labute approximate surface area is 120 Å². The number of aryl methyl sites for hydroxylation is 1. The highest BCUT2D eigenvalue weighted by Crippen LogP contribution is 2.19. The van der Waals surface area contributed by atoms with E-state index in [1.807, 2.05) is 39.1 Å². The minimum Gasteiger partial charge on any atom is -0.389 e. The third kappa shape index (κ3) is 3.92. The van der Waals surface area contributed by atoms with Gasteiger partial charge in [-0.05, 0) is 30.7 Å². The van der Waals surface area contributed by atoms with Crippen LogP contribution < -0.4 is 16.0 Å². The molecule has 104 valence electrons. The molecule has 0 heterocycles. The first-order chi connectivity index (χ1) is 8.86. The van der Waals surface area contributed by atoms with Gasteiger partial charge in [-0.2, -0.15) is 0 Å². The van der Waals surface area contributed by atoms with Gasteiger partial charge in [-0.15, -0.1) is 0 Å². The Kier molecular flexibility index (Phi) is 5.30. The molecule has 0 saturated carbocycles. The van der Waals surface area contributed by atoms with Gasteiger partial charge in [0.2, 0.25) is 5.91 Å². The van der Waals surface area contributed by atoms with Crippen LogP contribution >= 0.6 is 12.2 Å². The van der Waals surface area contributed by atoms with Crippen molar-refractivity contribution in [3.05, 3.63) is 29.3 Å². The van der Waals surface area contributed by atoms with E-state index in [0.29, 0.717) is 11.5 Å². The van der Waals surface area contributed by atoms with Crippen molar-refractivity contribution in [2.24, 2.45) is 11.7 Å². The van der Waals surface area contributed by atoms with Crippen molar-refractivity contribution < 1.29 is 4.79 Å². The molecule has 1 aromatic carbocycles. The summed E-state index contributed by atoms with van der Waals surface area (Å²) >= 11 is 4.99. The molecule has 0 fully saturated rings. The van der Waals surface area contributed by atoms with Gasteiger partial charge in [-0.3, -0.25) is 4.79 Å². The number of hydrogen-bond donors (Lipinski definition) is 2. The summed E-state index contributed by atoms with van der Waals surface area (Å²) in [6, 6.07) is 5.93. The van der Waals surface area contributed by atoms with Gasteiger partial charge in [0.25, 0.3) is 0 Å². The maximum Gasteiger partial charge on any atom is 0.224 e. The van der Waals surface area contributed by atoms with Crippen molar-refractivity contribution >= 4 is 28.8 Å². The molecule has 0 spiro atoms. The monoisotopic (exact) mass is 279 g/mol. The summed E-state index contributed by atoms with van der Waals surface area (Å²) in [4.78, 5) is 14.0. The number of thiocarbonyl (C=S) groups is 1. The van der Waals surface area contributed by atoms with Gasteiger partial charge >= 0.3 is 0 Å². The fourth-order valence-corrected chi connectivity index (χ4v) is 2.24. The van der Waals surface area contributed by atoms with E-state index in [9.17, 15) is 4.79 Å². The summed E-state index contributed by atoms with van der Waals surface area (Å²) in [5, 5.41) is 2.66. The van der Waals surface area contributed by atoms with Gasteiger partial charge in [0.15, 0.2) is 0 Å². The van der Waals surface area contributed by atoms with Crippen LogP contribution in [0.25, 0.3) is 0 Å². The summed E-state index contributed by atoms with van der Waals surface area (Å²) in [5.74, 6) is -0.0195. The molecule has 1 unspecified atom stereocenters. The van der Waals surface area contributed by atoms with Crippen LogP contribution in [0.5, 0.6) is 0 Å². The van der Waals surface area contributed by atoms with Crippen LogP contribution in [0, 0.1) is 12.8 Å². The number of nitrogens with zero attached hydrogens (tertiary/aromatic N) is 1. The Bertz CT molecular complexity index is 488. The number of carbonyl (C=O) groups is 1. The molecule has 1 amide bonds. The summed E-state index contributed by atoms with van der Waals surface area (Å²) in [5.41, 5.74) is 8.63. The molecule has 5 heteroatoms. The molecule has 0 radical (unpaired) electrons. The summed E-state index contributed by atoms with van der Waals surface area (Å²) < 4.78 is 0. The molecule has 19 heavy (non-hydrogen) atoms. The minimum atomic E-state index is -0.0643. The number of amides is 1. The Hall–Kier alpha value is -1.62. The Morgan fingerprint density at radius 1 is 1.53 bits per heavy atom. The zero-order valence-corrected chi connectivity index (χ0v) is 12.7. The number of nitrogens with two attached hydrogens (primary N) is 1. The number of benzene rings is 1. The average molecular weight is 279 g/mol. The molecular formula is C14H21N3OS. The SMILES string of the molecule is CNC(=O)C(C)CN(C)c1ccc(C(N)=S)c(C)c1. The number of nitrogens with one attached hydrogen (secondary N) is 1. The van der Waals surface area contributed by atoms with Gasteiger partial charge in [-0.1, -0.05) is 19.1 Å². The van der Waals surface area contributed by atoms with Crippen molar-refractivity contribution in [2.45, 2.75) is 13.8 Å². The molecule has 0 aliphatic rings. The highest BCUT2D eigenvalue weighted by Gasteiger charge is 2.14. The molecule has 0 aliphatic carbocycles. The summed E-state index contributed by atoms with van der Waals surface area (Å²) in [6.07, 6.45) is 0. The van der Waals surface area contributed by atoms with Gasteiger partial charge < -0.3 is 16.0 Å². The maximum absolute atomic E-state index is 11.5. The van der Waals surface area contributed by atoms with E-state index in [4.69, 9.17) is 18.0 Å². The van der Waals surface area contributed by atoms with Gasteiger partial charge in [0.05, 0.1) is 5.92 Å². The molecule has 4 nitrogen and oxygen atoms in total. The first kappa shape index (κ1) is 15.4. The number of carbonyl (C=O) groups excluding carboxylic acids is 1. The summed E-state index contributed by atoms with van der Waals surface area (Å²) in [7, 11) is 3.62. The fraction of sp³-hybridized carbons (Fsp3) is 0.429. The third-order valence-electron chi connectivity index (χ3n) is 3.16. The second-order valence-electron chi connectivity index (χ2n) is 4.76. The first-order valence-corrected chi connectivity index (χ1v) is 6.60. The van der Waals surface area contributed by atoms with Crippen LogP contribution in [0.3, 0.4) is 0 Å². The van der Waals surface area contributed by atoms with E-state index in [1.54, 1.807) is 7.05 Å². The summed E-state index contributed by atoms with van der Waals surface area (Å²) in [6.45, 7) is 4.55. The lowest BCUT2D eigenvalue weighted by atomic mass is 10.1. The molecule has 0 aliphatic heterocycles. The molecular weight excluding hydrogens is 258 g/mol. The Morgan fingerprint density at radius 3 is 2.63 bits per heavy atom. The van der Waals surface area contributed by atoms with Crippen molar-refractivity contribution in [3.8, 4) is 0 Å². The molecule has 0 bridgehead atoms. The average Bonchev–Trinajstić information content (AvgIpc) is 2.36. The van der Waals surface area contributed by atoms with Crippen LogP contribution in [0.2, 0.25) is 0 Å². The Balaban J connectivity index is 2.83. The van der Waals surface area contributed by atoms with Crippen molar-refractivity contribution in [1.82, 2.24) is 5.32 Å². The third-order valence-corrected chi connectivity index (χ3v) is 3.38. The van der Waals surface area contributed by atoms with Gasteiger partial charge in [0.1, 0.15) is 4.99 Å². The lowest BCUT2D eigenvalue weighted by Gasteiger charge is -2.23. The van der Waals surface area contributed by atoms with E-state index in [2.05, 4.69) is 10.2 Å². The van der Waals surface area contributed by atoms with E-state index in [0.717, 1.165) is 16.8 Å². The van der Waals surface area contributed by atoms with Crippen LogP contribution in [-0.2, 0) is 4.79 Å². The van der Waals surface area contributed by atoms with Gasteiger partial charge in [-0.25, -0.2) is 0 Å². The van der Waals surface area contributed by atoms with Crippen molar-refractivity contribution in [3.63, 3.8) is 0 Å². The second-order valence-corrected chi connectivity index (χ2v) is 5.20. The number of anilines is 1. The predicted molar refractivity (Wildman–Crippen MR) is 83.6 cm³/mol. The van der Waals surface area contributed by atoms with Crippen molar-refractivity contribution in [2.75, 3.05) is 25.5 Å². The topological polar surface area (TPSA) is 58.4 Å². The fourth-order valence-electron chi connectivity index (χ4n) is 2.01. The van der Waals surface area contributed by atoms with Crippen LogP contribution in [0.1, 0.15) is 18.1 Å². The van der Waals surface area contributed by atoms with Crippen LogP contribution in [0.15, 0.2) is 18.2 Å². The molecule has 1 atom stereocenters. The maximum atomic E-state index is 11.5. The minimum absolute atomic E-state index is 0.0447. The first-order valence-electron chi connectivity index (χ1n) is 6.20. The van der Waals surface area contributed by atoms with Crippen LogP contribution in [-0.4, -0.2) is 31.5 Å². The quantitative estimate of drug-likeness (QED) is 0.801. The number of rotatable bonds is 5. The standard InChI is InChI=1S/C14H21N3OS/c1-9-7-11(5-6-12(9)13(15)19)17(4)8-10(2)14(18)16-3/h5-7,10H,8H2,1-4H3,(H2,15,19)(H,16,18).